The van der Waals surface area contributed by atoms with Gasteiger partial charge in [0, 0.05) is 24.0 Å². The third kappa shape index (κ3) is 3.19. The summed E-state index contributed by atoms with van der Waals surface area (Å²) in [6.07, 6.45) is 1.15. The monoisotopic (exact) mass is 366 g/mol. The summed E-state index contributed by atoms with van der Waals surface area (Å²) in [7, 11) is 0. The SMILES string of the molecule is C=C1C(=O)OC2C=C(CO)C3(O)CCC(C)(CC(OC(=O)C(C)C)C12)O3. The zero-order chi connectivity index (χ0) is 19.3. The average Bonchev–Trinajstić information content (AvgIpc) is 3.02. The Labute approximate surface area is 152 Å². The van der Waals surface area contributed by atoms with Crippen molar-refractivity contribution in [1.82, 2.24) is 0 Å². The van der Waals surface area contributed by atoms with Crippen molar-refractivity contribution in [2.24, 2.45) is 11.8 Å². The van der Waals surface area contributed by atoms with Crippen LogP contribution in [0.2, 0.25) is 0 Å². The van der Waals surface area contributed by atoms with E-state index < -0.39 is 42.1 Å². The van der Waals surface area contributed by atoms with Crippen molar-refractivity contribution >= 4 is 11.9 Å². The van der Waals surface area contributed by atoms with Crippen LogP contribution in [0.25, 0.3) is 0 Å². The highest BCUT2D eigenvalue weighted by molar-refractivity contribution is 5.91. The summed E-state index contributed by atoms with van der Waals surface area (Å²) in [4.78, 5) is 24.3. The van der Waals surface area contributed by atoms with Gasteiger partial charge in [0.15, 0.2) is 5.79 Å². The fourth-order valence-corrected chi connectivity index (χ4v) is 3.95. The first-order valence-corrected chi connectivity index (χ1v) is 8.93. The maximum atomic E-state index is 12.2. The van der Waals surface area contributed by atoms with Gasteiger partial charge in [-0.3, -0.25) is 4.79 Å². The molecule has 5 unspecified atom stereocenters. The fraction of sp³-hybridized carbons (Fsp3) is 0.684. The molecule has 0 aromatic heterocycles. The Morgan fingerprint density at radius 1 is 1.46 bits per heavy atom. The molecular formula is C19H26O7. The van der Waals surface area contributed by atoms with Crippen molar-refractivity contribution in [3.63, 3.8) is 0 Å². The quantitative estimate of drug-likeness (QED) is 0.440. The van der Waals surface area contributed by atoms with Gasteiger partial charge >= 0.3 is 11.9 Å². The van der Waals surface area contributed by atoms with Gasteiger partial charge < -0.3 is 24.4 Å². The van der Waals surface area contributed by atoms with Gasteiger partial charge in [-0.25, -0.2) is 4.79 Å². The molecule has 2 fully saturated rings. The summed E-state index contributed by atoms with van der Waals surface area (Å²) < 4.78 is 17.0. The van der Waals surface area contributed by atoms with E-state index >= 15 is 0 Å². The molecule has 5 atom stereocenters. The maximum Gasteiger partial charge on any atom is 0.334 e. The molecule has 144 valence electrons. The third-order valence-corrected chi connectivity index (χ3v) is 5.48. The van der Waals surface area contributed by atoms with Crippen molar-refractivity contribution in [1.29, 1.82) is 0 Å². The van der Waals surface area contributed by atoms with Crippen LogP contribution in [0.15, 0.2) is 23.8 Å². The van der Waals surface area contributed by atoms with E-state index in [2.05, 4.69) is 6.58 Å². The zero-order valence-corrected chi connectivity index (χ0v) is 15.4. The maximum absolute atomic E-state index is 12.2. The lowest BCUT2D eigenvalue weighted by molar-refractivity contribution is -0.205. The number of aliphatic hydroxyl groups is 2. The molecule has 3 aliphatic heterocycles. The van der Waals surface area contributed by atoms with Gasteiger partial charge in [0.05, 0.1) is 24.0 Å². The van der Waals surface area contributed by atoms with Gasteiger partial charge in [-0.05, 0) is 19.4 Å². The molecule has 0 amide bonds. The minimum absolute atomic E-state index is 0.221. The molecule has 3 rings (SSSR count). The van der Waals surface area contributed by atoms with Crippen LogP contribution in [0.4, 0.5) is 0 Å². The number of carbonyl (C=O) groups excluding carboxylic acids is 2. The highest BCUT2D eigenvalue weighted by Crippen LogP contribution is 2.47. The van der Waals surface area contributed by atoms with Gasteiger partial charge in [0.1, 0.15) is 12.2 Å². The number of hydrogen-bond acceptors (Lipinski definition) is 7. The molecule has 0 aliphatic carbocycles. The Balaban J connectivity index is 2.05. The van der Waals surface area contributed by atoms with E-state index in [4.69, 9.17) is 14.2 Å². The standard InChI is InChI=1S/C19H26O7/c1-10(2)16(21)25-14-8-18(4)5-6-19(23,26-18)12(9-20)7-13-15(14)11(3)17(22)24-13/h7,10,13-15,20,23H,3,5-6,8-9H2,1-2,4H3. The molecule has 0 aromatic rings. The second-order valence-electron chi connectivity index (χ2n) is 7.94. The van der Waals surface area contributed by atoms with E-state index in [0.717, 1.165) is 0 Å². The largest absolute Gasteiger partial charge is 0.461 e. The predicted octanol–water partition coefficient (Wildman–Crippen LogP) is 1.23. The highest BCUT2D eigenvalue weighted by atomic mass is 16.6. The molecule has 2 saturated heterocycles. The number of esters is 2. The summed E-state index contributed by atoms with van der Waals surface area (Å²) in [5.74, 6) is -3.49. The molecule has 0 aromatic carbocycles. The van der Waals surface area contributed by atoms with E-state index in [1.54, 1.807) is 13.8 Å². The average molecular weight is 366 g/mol. The van der Waals surface area contributed by atoms with Crippen molar-refractivity contribution in [3.8, 4) is 0 Å². The Hall–Kier alpha value is -1.70. The van der Waals surface area contributed by atoms with Crippen molar-refractivity contribution in [3.05, 3.63) is 23.8 Å². The molecule has 0 spiro atoms. The van der Waals surface area contributed by atoms with Crippen LogP contribution in [0, 0.1) is 11.8 Å². The van der Waals surface area contributed by atoms with Crippen LogP contribution in [-0.4, -0.2) is 52.4 Å². The molecule has 0 radical (unpaired) electrons. The number of fused-ring (bicyclic) bond motifs is 3. The van der Waals surface area contributed by atoms with E-state index in [1.165, 1.54) is 6.08 Å². The summed E-state index contributed by atoms with van der Waals surface area (Å²) in [6.45, 7) is 8.68. The predicted molar refractivity (Wildman–Crippen MR) is 90.7 cm³/mol. The second-order valence-corrected chi connectivity index (χ2v) is 7.94. The number of hydrogen-bond donors (Lipinski definition) is 2. The van der Waals surface area contributed by atoms with Crippen LogP contribution < -0.4 is 0 Å². The van der Waals surface area contributed by atoms with E-state index in [1.807, 2.05) is 6.92 Å². The molecule has 3 aliphatic rings. The topological polar surface area (TPSA) is 102 Å². The molecule has 3 heterocycles. The van der Waals surface area contributed by atoms with Crippen LogP contribution in [-0.2, 0) is 23.8 Å². The van der Waals surface area contributed by atoms with Crippen molar-refractivity contribution in [2.45, 2.75) is 63.6 Å². The number of ether oxygens (including phenoxy) is 3. The van der Waals surface area contributed by atoms with E-state index in [0.29, 0.717) is 12.8 Å². The summed E-state index contributed by atoms with van der Waals surface area (Å²) in [6, 6.07) is 0. The minimum Gasteiger partial charge on any atom is -0.461 e. The fourth-order valence-electron chi connectivity index (χ4n) is 3.95. The van der Waals surface area contributed by atoms with Crippen LogP contribution in [0.5, 0.6) is 0 Å². The molecule has 2 bridgehead atoms. The number of aliphatic hydroxyl groups excluding tert-OH is 1. The Morgan fingerprint density at radius 3 is 2.77 bits per heavy atom. The molecule has 26 heavy (non-hydrogen) atoms. The van der Waals surface area contributed by atoms with E-state index in [9.17, 15) is 19.8 Å². The number of carbonyl (C=O) groups is 2. The summed E-state index contributed by atoms with van der Waals surface area (Å²) >= 11 is 0. The molecule has 0 saturated carbocycles. The third-order valence-electron chi connectivity index (χ3n) is 5.48. The normalized spacial score (nSPS) is 39.6. The first-order chi connectivity index (χ1) is 12.1. The van der Waals surface area contributed by atoms with E-state index in [-0.39, 0.29) is 29.5 Å². The van der Waals surface area contributed by atoms with Gasteiger partial charge in [-0.2, -0.15) is 0 Å². The highest BCUT2D eigenvalue weighted by Gasteiger charge is 2.54. The lowest BCUT2D eigenvalue weighted by Gasteiger charge is -2.33. The first kappa shape index (κ1) is 19.1. The lowest BCUT2D eigenvalue weighted by atomic mass is 9.81. The lowest BCUT2D eigenvalue weighted by Crippen LogP contribution is -2.41. The van der Waals surface area contributed by atoms with Crippen LogP contribution in [0.3, 0.4) is 0 Å². The molecule has 7 heteroatoms. The Morgan fingerprint density at radius 2 is 2.15 bits per heavy atom. The van der Waals surface area contributed by atoms with Crippen LogP contribution in [0.1, 0.15) is 40.0 Å². The minimum atomic E-state index is -1.62. The Bertz CT molecular complexity index is 667. The second kappa shape index (κ2) is 6.48. The van der Waals surface area contributed by atoms with Gasteiger partial charge in [-0.1, -0.05) is 20.4 Å². The van der Waals surface area contributed by atoms with Crippen molar-refractivity contribution < 1.29 is 34.0 Å². The van der Waals surface area contributed by atoms with Crippen LogP contribution >= 0.6 is 0 Å². The molecule has 7 nitrogen and oxygen atoms in total. The van der Waals surface area contributed by atoms with Crippen molar-refractivity contribution in [2.75, 3.05) is 6.61 Å². The molecule has 2 N–H and O–H groups in total. The summed E-state index contributed by atoms with van der Waals surface area (Å²) in [5.41, 5.74) is -0.306. The van der Waals surface area contributed by atoms with Gasteiger partial charge in [0.25, 0.3) is 0 Å². The zero-order valence-electron chi connectivity index (χ0n) is 15.4. The Kier molecular flexibility index (Phi) is 4.75. The van der Waals surface area contributed by atoms with Gasteiger partial charge in [-0.15, -0.1) is 0 Å². The smallest absolute Gasteiger partial charge is 0.334 e. The molecular weight excluding hydrogens is 340 g/mol. The summed E-state index contributed by atoms with van der Waals surface area (Å²) in [5, 5.41) is 20.6. The van der Waals surface area contributed by atoms with Gasteiger partial charge in [0.2, 0.25) is 0 Å². The number of rotatable bonds is 3. The first-order valence-electron chi connectivity index (χ1n) is 8.93.